The third kappa shape index (κ3) is 6.69. The predicted molar refractivity (Wildman–Crippen MR) is 98.8 cm³/mol. The molecule has 1 atom stereocenters. The van der Waals surface area contributed by atoms with Gasteiger partial charge in [0.2, 0.25) is 11.8 Å². The highest BCUT2D eigenvalue weighted by Crippen LogP contribution is 2.12. The highest BCUT2D eigenvalue weighted by Gasteiger charge is 2.31. The molecule has 0 radical (unpaired) electrons. The zero-order chi connectivity index (χ0) is 19.6. The summed E-state index contributed by atoms with van der Waals surface area (Å²) in [4.78, 5) is 26.3. The minimum absolute atomic E-state index is 0.0228. The number of nitrogens with zero attached hydrogens (tertiary/aromatic N) is 2. The lowest BCUT2D eigenvalue weighted by atomic mass is 10.0. The SMILES string of the molecule is CCN(CC)C(=O)C(CCC#N)C(=O)NS(=O)(=O)C=Cc1ccccc1. The molecule has 2 amide bonds. The normalized spacial score (nSPS) is 12.3. The van der Waals surface area contributed by atoms with Crippen molar-refractivity contribution in [3.8, 4) is 6.07 Å². The van der Waals surface area contributed by atoms with Crippen LogP contribution in [-0.4, -0.2) is 38.2 Å². The molecule has 26 heavy (non-hydrogen) atoms. The Morgan fingerprint density at radius 1 is 1.23 bits per heavy atom. The van der Waals surface area contributed by atoms with E-state index in [-0.39, 0.29) is 12.8 Å². The second-order valence-corrected chi connectivity index (χ2v) is 7.05. The van der Waals surface area contributed by atoms with E-state index in [1.807, 2.05) is 10.8 Å². The van der Waals surface area contributed by atoms with E-state index in [0.717, 1.165) is 5.41 Å². The van der Waals surface area contributed by atoms with E-state index < -0.39 is 27.8 Å². The Balaban J connectivity index is 2.92. The summed E-state index contributed by atoms with van der Waals surface area (Å²) in [7, 11) is -4.06. The molecule has 1 aromatic carbocycles. The van der Waals surface area contributed by atoms with Gasteiger partial charge in [-0.1, -0.05) is 30.3 Å². The number of hydrogen-bond donors (Lipinski definition) is 1. The smallest absolute Gasteiger partial charge is 0.257 e. The summed E-state index contributed by atoms with van der Waals surface area (Å²) in [5, 5.41) is 9.62. The molecule has 0 saturated heterocycles. The zero-order valence-corrected chi connectivity index (χ0v) is 15.7. The van der Waals surface area contributed by atoms with Gasteiger partial charge in [0.25, 0.3) is 10.0 Å². The lowest BCUT2D eigenvalue weighted by molar-refractivity contribution is -0.141. The summed E-state index contributed by atoms with van der Waals surface area (Å²) in [5.74, 6) is -2.62. The maximum absolute atomic E-state index is 12.5. The first-order valence-corrected chi connectivity index (χ1v) is 9.84. The van der Waals surface area contributed by atoms with Crippen molar-refractivity contribution in [2.24, 2.45) is 5.92 Å². The van der Waals surface area contributed by atoms with Crippen molar-refractivity contribution in [1.29, 1.82) is 5.26 Å². The average Bonchev–Trinajstić information content (AvgIpc) is 2.62. The lowest BCUT2D eigenvalue weighted by Crippen LogP contribution is -2.44. The maximum Gasteiger partial charge on any atom is 0.257 e. The summed E-state index contributed by atoms with van der Waals surface area (Å²) in [5.41, 5.74) is 0.658. The number of carbonyl (C=O) groups is 2. The molecule has 0 aliphatic carbocycles. The molecule has 0 aromatic heterocycles. The van der Waals surface area contributed by atoms with E-state index in [2.05, 4.69) is 0 Å². The van der Waals surface area contributed by atoms with Crippen LogP contribution in [0.3, 0.4) is 0 Å². The number of amides is 2. The van der Waals surface area contributed by atoms with Crippen LogP contribution in [0.4, 0.5) is 0 Å². The van der Waals surface area contributed by atoms with Crippen LogP contribution < -0.4 is 4.72 Å². The monoisotopic (exact) mass is 377 g/mol. The average molecular weight is 377 g/mol. The number of rotatable bonds is 9. The Labute approximate surface area is 154 Å². The van der Waals surface area contributed by atoms with Crippen molar-refractivity contribution >= 4 is 27.9 Å². The molecule has 0 spiro atoms. The number of sulfonamides is 1. The highest BCUT2D eigenvalue weighted by molar-refractivity contribution is 7.93. The molecule has 0 aliphatic heterocycles. The van der Waals surface area contributed by atoms with Crippen LogP contribution in [0, 0.1) is 17.2 Å². The summed E-state index contributed by atoms with van der Waals surface area (Å²) in [6.45, 7) is 4.32. The fraction of sp³-hybridized carbons (Fsp3) is 0.389. The van der Waals surface area contributed by atoms with Crippen LogP contribution in [0.15, 0.2) is 35.7 Å². The van der Waals surface area contributed by atoms with Gasteiger partial charge in [-0.3, -0.25) is 9.59 Å². The quantitative estimate of drug-likeness (QED) is 0.661. The first-order valence-electron chi connectivity index (χ1n) is 8.30. The third-order valence-corrected chi connectivity index (χ3v) is 4.70. The van der Waals surface area contributed by atoms with Crippen LogP contribution in [0.25, 0.3) is 6.08 Å². The minimum Gasteiger partial charge on any atom is -0.343 e. The molecule has 0 aliphatic rings. The minimum atomic E-state index is -4.06. The Bertz CT molecular complexity index is 778. The molecule has 140 valence electrons. The van der Waals surface area contributed by atoms with Crippen molar-refractivity contribution in [2.45, 2.75) is 26.7 Å². The number of hydrogen-bond acceptors (Lipinski definition) is 5. The van der Waals surface area contributed by atoms with E-state index in [1.54, 1.807) is 44.2 Å². The summed E-state index contributed by atoms with van der Waals surface area (Å²) < 4.78 is 26.1. The van der Waals surface area contributed by atoms with E-state index in [0.29, 0.717) is 18.7 Å². The van der Waals surface area contributed by atoms with Crippen molar-refractivity contribution in [1.82, 2.24) is 9.62 Å². The molecule has 1 N–H and O–H groups in total. The van der Waals surface area contributed by atoms with Gasteiger partial charge in [-0.2, -0.15) is 5.26 Å². The number of nitriles is 1. The van der Waals surface area contributed by atoms with Crippen molar-refractivity contribution < 1.29 is 18.0 Å². The maximum atomic E-state index is 12.5. The molecule has 7 nitrogen and oxygen atoms in total. The van der Waals surface area contributed by atoms with Gasteiger partial charge >= 0.3 is 0 Å². The highest BCUT2D eigenvalue weighted by atomic mass is 32.2. The fourth-order valence-corrected chi connectivity index (χ4v) is 3.14. The van der Waals surface area contributed by atoms with Gasteiger partial charge in [0, 0.05) is 19.5 Å². The molecule has 1 aromatic rings. The van der Waals surface area contributed by atoms with Gasteiger partial charge < -0.3 is 4.90 Å². The Morgan fingerprint density at radius 2 is 1.85 bits per heavy atom. The van der Waals surface area contributed by atoms with Crippen LogP contribution in [0.1, 0.15) is 32.3 Å². The van der Waals surface area contributed by atoms with Crippen LogP contribution in [0.5, 0.6) is 0 Å². The zero-order valence-electron chi connectivity index (χ0n) is 14.9. The molecule has 0 fully saturated rings. The van der Waals surface area contributed by atoms with Crippen LogP contribution in [0.2, 0.25) is 0 Å². The van der Waals surface area contributed by atoms with Crippen molar-refractivity contribution in [3.05, 3.63) is 41.3 Å². The van der Waals surface area contributed by atoms with Crippen LogP contribution >= 0.6 is 0 Å². The van der Waals surface area contributed by atoms with E-state index >= 15 is 0 Å². The van der Waals surface area contributed by atoms with Gasteiger partial charge in [-0.05, 0) is 31.9 Å². The standard InChI is InChI=1S/C18H23N3O4S/c1-3-21(4-2)18(23)16(11-8-13-19)17(22)20-26(24,25)14-12-15-9-6-5-7-10-15/h5-7,9-10,12,14,16H,3-4,8,11H2,1-2H3,(H,20,22). The predicted octanol–water partition coefficient (Wildman–Crippen LogP) is 1.89. The molecule has 1 rings (SSSR count). The van der Waals surface area contributed by atoms with Crippen molar-refractivity contribution in [2.75, 3.05) is 13.1 Å². The molecule has 0 bridgehead atoms. The fourth-order valence-electron chi connectivity index (χ4n) is 2.31. The van der Waals surface area contributed by atoms with Gasteiger partial charge in [0.15, 0.2) is 0 Å². The molecule has 0 saturated carbocycles. The van der Waals surface area contributed by atoms with E-state index in [4.69, 9.17) is 5.26 Å². The number of nitrogens with one attached hydrogen (secondary N) is 1. The lowest BCUT2D eigenvalue weighted by Gasteiger charge is -2.23. The topological polar surface area (TPSA) is 107 Å². The summed E-state index contributed by atoms with van der Waals surface area (Å²) >= 11 is 0. The van der Waals surface area contributed by atoms with Gasteiger partial charge in [0.1, 0.15) is 5.92 Å². The Morgan fingerprint density at radius 3 is 2.38 bits per heavy atom. The molecule has 1 unspecified atom stereocenters. The molecular formula is C18H23N3O4S. The molecular weight excluding hydrogens is 354 g/mol. The van der Waals surface area contributed by atoms with Gasteiger partial charge in [-0.15, -0.1) is 0 Å². The summed E-state index contributed by atoms with van der Waals surface area (Å²) in [6.07, 6.45) is 1.30. The van der Waals surface area contributed by atoms with E-state index in [9.17, 15) is 18.0 Å². The number of carbonyl (C=O) groups excluding carboxylic acids is 2. The van der Waals surface area contributed by atoms with Gasteiger partial charge in [0.05, 0.1) is 11.5 Å². The first kappa shape index (κ1) is 21.4. The molecule has 0 heterocycles. The van der Waals surface area contributed by atoms with E-state index in [1.165, 1.54) is 11.0 Å². The Hall–Kier alpha value is -2.66. The largest absolute Gasteiger partial charge is 0.343 e. The second-order valence-electron chi connectivity index (χ2n) is 5.48. The third-order valence-electron chi connectivity index (χ3n) is 3.72. The van der Waals surface area contributed by atoms with Crippen molar-refractivity contribution in [3.63, 3.8) is 0 Å². The second kappa shape index (κ2) is 10.4. The number of benzene rings is 1. The first-order chi connectivity index (χ1) is 12.3. The Kier molecular flexibility index (Phi) is 8.52. The summed E-state index contributed by atoms with van der Waals surface area (Å²) in [6, 6.07) is 10.6. The van der Waals surface area contributed by atoms with Crippen LogP contribution in [-0.2, 0) is 19.6 Å². The molecule has 8 heteroatoms. The van der Waals surface area contributed by atoms with Gasteiger partial charge in [-0.25, -0.2) is 13.1 Å².